The van der Waals surface area contributed by atoms with Gasteiger partial charge in [0, 0.05) is 10.2 Å². The molecular weight excluding hydrogens is 384 g/mol. The predicted octanol–water partition coefficient (Wildman–Crippen LogP) is 2.03. The van der Waals surface area contributed by atoms with Gasteiger partial charge in [-0.15, -0.1) is 0 Å². The van der Waals surface area contributed by atoms with Crippen molar-refractivity contribution in [1.82, 2.24) is 5.32 Å². The summed E-state index contributed by atoms with van der Waals surface area (Å²) in [6.07, 6.45) is 0.448. The van der Waals surface area contributed by atoms with E-state index in [0.29, 0.717) is 12.1 Å². The molecule has 0 spiro atoms. The monoisotopic (exact) mass is 404 g/mol. The maximum Gasteiger partial charge on any atom is 0.243 e. The topological polar surface area (TPSA) is 92.3 Å². The molecule has 0 unspecified atom stereocenters. The molecule has 8 heteroatoms. The van der Waals surface area contributed by atoms with E-state index < -0.39 is 26.9 Å². The molecule has 1 aromatic carbocycles. The van der Waals surface area contributed by atoms with Gasteiger partial charge < -0.3 is 10.6 Å². The van der Waals surface area contributed by atoms with E-state index in [0.717, 1.165) is 10.0 Å². The van der Waals surface area contributed by atoms with E-state index >= 15 is 0 Å². The number of halogens is 1. The van der Waals surface area contributed by atoms with Crippen LogP contribution in [-0.4, -0.2) is 37.8 Å². The van der Waals surface area contributed by atoms with Crippen LogP contribution < -0.4 is 10.6 Å². The van der Waals surface area contributed by atoms with E-state index in [4.69, 9.17) is 0 Å². The number of aryl methyl sites for hydroxylation is 1. The summed E-state index contributed by atoms with van der Waals surface area (Å²) in [6, 6.07) is 5.33. The number of sulfone groups is 1. The van der Waals surface area contributed by atoms with E-state index in [1.807, 2.05) is 13.0 Å². The zero-order valence-corrected chi connectivity index (χ0v) is 15.8. The Morgan fingerprint density at radius 1 is 1.30 bits per heavy atom. The minimum Gasteiger partial charge on any atom is -0.346 e. The number of hydrogen-bond acceptors (Lipinski definition) is 4. The first kappa shape index (κ1) is 19.6. The lowest BCUT2D eigenvalue weighted by Crippen LogP contribution is -2.42. The highest BCUT2D eigenvalue weighted by molar-refractivity contribution is 9.10. The van der Waals surface area contributed by atoms with Gasteiger partial charge in [-0.05, 0) is 44.0 Å². The zero-order chi connectivity index (χ0) is 17.6. The van der Waals surface area contributed by atoms with E-state index in [1.54, 1.807) is 19.1 Å². The number of carbonyl (C=O) groups excluding carboxylic acids is 2. The third-order valence-corrected chi connectivity index (χ3v) is 6.42. The van der Waals surface area contributed by atoms with Crippen LogP contribution in [0, 0.1) is 6.92 Å². The molecule has 1 atom stereocenters. The molecule has 0 aliphatic rings. The molecule has 0 saturated carbocycles. The van der Waals surface area contributed by atoms with Crippen molar-refractivity contribution in [1.29, 1.82) is 0 Å². The normalized spacial score (nSPS) is 12.5. The molecule has 0 aliphatic carbocycles. The van der Waals surface area contributed by atoms with Gasteiger partial charge in [-0.2, -0.15) is 0 Å². The first-order valence-corrected chi connectivity index (χ1v) is 9.73. The highest BCUT2D eigenvalue weighted by atomic mass is 79.9. The first-order chi connectivity index (χ1) is 10.7. The average Bonchev–Trinajstić information content (AvgIpc) is 2.47. The second-order valence-corrected chi connectivity index (χ2v) is 8.53. The van der Waals surface area contributed by atoms with Crippen molar-refractivity contribution in [2.75, 3.05) is 17.6 Å². The van der Waals surface area contributed by atoms with Crippen molar-refractivity contribution in [3.05, 3.63) is 28.2 Å². The predicted molar refractivity (Wildman–Crippen MR) is 94.1 cm³/mol. The fourth-order valence-corrected chi connectivity index (χ4v) is 3.44. The lowest BCUT2D eigenvalue weighted by atomic mass is 10.2. The molecule has 6 nitrogen and oxygen atoms in total. The SMILES string of the molecule is CCCS(=O)(=O)[C@@H](C)C(=O)NCC(=O)Nc1ccc(Br)c(C)c1. The highest BCUT2D eigenvalue weighted by Gasteiger charge is 2.27. The van der Waals surface area contributed by atoms with Gasteiger partial charge in [-0.25, -0.2) is 8.42 Å². The molecule has 0 bridgehead atoms. The molecule has 1 aromatic rings. The van der Waals surface area contributed by atoms with Crippen molar-refractivity contribution in [3.63, 3.8) is 0 Å². The summed E-state index contributed by atoms with van der Waals surface area (Å²) in [4.78, 5) is 23.7. The van der Waals surface area contributed by atoms with Crippen molar-refractivity contribution in [2.45, 2.75) is 32.4 Å². The number of amides is 2. The maximum absolute atomic E-state index is 11.8. The third-order valence-electron chi connectivity index (χ3n) is 3.26. The smallest absolute Gasteiger partial charge is 0.243 e. The largest absolute Gasteiger partial charge is 0.346 e. The van der Waals surface area contributed by atoms with E-state index in [-0.39, 0.29) is 12.3 Å². The fraction of sp³-hybridized carbons (Fsp3) is 0.467. The van der Waals surface area contributed by atoms with Gasteiger partial charge in [-0.3, -0.25) is 9.59 Å². The van der Waals surface area contributed by atoms with Crippen LogP contribution in [0.15, 0.2) is 22.7 Å². The Bertz CT molecular complexity index is 689. The second-order valence-electron chi connectivity index (χ2n) is 5.24. The van der Waals surface area contributed by atoms with Gasteiger partial charge in [0.2, 0.25) is 11.8 Å². The van der Waals surface area contributed by atoms with Gasteiger partial charge >= 0.3 is 0 Å². The second kappa shape index (κ2) is 8.44. The van der Waals surface area contributed by atoms with Crippen molar-refractivity contribution in [2.24, 2.45) is 0 Å². The number of rotatable bonds is 7. The molecule has 2 amide bonds. The summed E-state index contributed by atoms with van der Waals surface area (Å²) in [5, 5.41) is 3.84. The fourth-order valence-electron chi connectivity index (χ4n) is 1.86. The summed E-state index contributed by atoms with van der Waals surface area (Å²) in [5.41, 5.74) is 1.57. The Morgan fingerprint density at radius 3 is 2.52 bits per heavy atom. The minimum atomic E-state index is -3.48. The summed E-state index contributed by atoms with van der Waals surface area (Å²) in [7, 11) is -3.48. The molecule has 0 radical (unpaired) electrons. The Kier molecular flexibility index (Phi) is 7.21. The molecule has 128 valence electrons. The molecular formula is C15H21BrN2O4S. The van der Waals surface area contributed by atoms with Gasteiger partial charge in [0.25, 0.3) is 0 Å². The summed E-state index contributed by atoms with van der Waals surface area (Å²) in [5.74, 6) is -1.13. The average molecular weight is 405 g/mol. The third kappa shape index (κ3) is 5.95. The maximum atomic E-state index is 11.8. The highest BCUT2D eigenvalue weighted by Crippen LogP contribution is 2.19. The lowest BCUT2D eigenvalue weighted by Gasteiger charge is -2.13. The standard InChI is InChI=1S/C15H21BrN2O4S/c1-4-7-23(21,22)11(3)15(20)17-9-14(19)18-12-5-6-13(16)10(2)8-12/h5-6,8,11H,4,7,9H2,1-3H3,(H,17,20)(H,18,19)/t11-/m0/s1. The van der Waals surface area contributed by atoms with E-state index in [2.05, 4.69) is 26.6 Å². The molecule has 0 aromatic heterocycles. The van der Waals surface area contributed by atoms with Gasteiger partial charge in [0.15, 0.2) is 9.84 Å². The quantitative estimate of drug-likeness (QED) is 0.726. The molecule has 0 fully saturated rings. The Hall–Kier alpha value is -1.41. The van der Waals surface area contributed by atoms with Crippen LogP contribution in [0.4, 0.5) is 5.69 Å². The molecule has 0 saturated heterocycles. The molecule has 23 heavy (non-hydrogen) atoms. The Morgan fingerprint density at radius 2 is 1.96 bits per heavy atom. The Labute approximate surface area is 145 Å². The van der Waals surface area contributed by atoms with Gasteiger partial charge in [0.1, 0.15) is 5.25 Å². The van der Waals surface area contributed by atoms with Crippen LogP contribution in [0.25, 0.3) is 0 Å². The van der Waals surface area contributed by atoms with Gasteiger partial charge in [-0.1, -0.05) is 22.9 Å². The number of benzene rings is 1. The summed E-state index contributed by atoms with van der Waals surface area (Å²) < 4.78 is 24.6. The van der Waals surface area contributed by atoms with Crippen LogP contribution >= 0.6 is 15.9 Å². The first-order valence-electron chi connectivity index (χ1n) is 7.22. The van der Waals surface area contributed by atoms with Crippen LogP contribution in [0.1, 0.15) is 25.8 Å². The minimum absolute atomic E-state index is 0.0496. The van der Waals surface area contributed by atoms with Crippen molar-refractivity contribution in [3.8, 4) is 0 Å². The van der Waals surface area contributed by atoms with Crippen LogP contribution in [0.3, 0.4) is 0 Å². The summed E-state index contributed by atoms with van der Waals surface area (Å²) >= 11 is 3.37. The van der Waals surface area contributed by atoms with Crippen molar-refractivity contribution >= 4 is 43.3 Å². The molecule has 1 rings (SSSR count). The van der Waals surface area contributed by atoms with Crippen LogP contribution in [-0.2, 0) is 19.4 Å². The van der Waals surface area contributed by atoms with Crippen LogP contribution in [0.2, 0.25) is 0 Å². The van der Waals surface area contributed by atoms with E-state index in [9.17, 15) is 18.0 Å². The number of nitrogens with one attached hydrogen (secondary N) is 2. The molecule has 0 heterocycles. The molecule has 2 N–H and O–H groups in total. The number of anilines is 1. The van der Waals surface area contributed by atoms with Gasteiger partial charge in [0.05, 0.1) is 12.3 Å². The Balaban J connectivity index is 2.55. The van der Waals surface area contributed by atoms with E-state index in [1.165, 1.54) is 6.92 Å². The van der Waals surface area contributed by atoms with Crippen molar-refractivity contribution < 1.29 is 18.0 Å². The molecule has 0 aliphatic heterocycles. The zero-order valence-electron chi connectivity index (χ0n) is 13.3. The number of carbonyl (C=O) groups is 2. The number of hydrogen-bond donors (Lipinski definition) is 2. The summed E-state index contributed by atoms with van der Waals surface area (Å²) in [6.45, 7) is 4.67. The lowest BCUT2D eigenvalue weighted by molar-refractivity contribution is -0.123. The van der Waals surface area contributed by atoms with Crippen LogP contribution in [0.5, 0.6) is 0 Å².